The van der Waals surface area contributed by atoms with Gasteiger partial charge in [-0.15, -0.1) is 0 Å². The molecule has 0 saturated carbocycles. The van der Waals surface area contributed by atoms with Crippen LogP contribution in [0.5, 0.6) is 0 Å². The molecule has 21 heavy (non-hydrogen) atoms. The lowest BCUT2D eigenvalue weighted by molar-refractivity contribution is -0.149. The number of carboxylic acid groups (broad SMARTS) is 1. The van der Waals surface area contributed by atoms with E-state index in [1.54, 1.807) is 34.6 Å². The van der Waals surface area contributed by atoms with Crippen molar-refractivity contribution in [3.8, 4) is 0 Å². The number of carboxylic acids is 1. The molecule has 0 radical (unpaired) electrons. The predicted octanol–water partition coefficient (Wildman–Crippen LogP) is 1.22. The molecular weight excluding hydrogens is 276 g/mol. The van der Waals surface area contributed by atoms with Crippen LogP contribution in [0.4, 0.5) is 4.79 Å². The summed E-state index contributed by atoms with van der Waals surface area (Å²) in [5, 5.41) is 11.8. The molecular formula is C14H24N2O5. The van der Waals surface area contributed by atoms with Gasteiger partial charge in [-0.3, -0.25) is 4.79 Å². The Kier molecular flexibility index (Phi) is 5.20. The molecule has 120 valence electrons. The Labute approximate surface area is 124 Å². The molecule has 0 aromatic carbocycles. The van der Waals surface area contributed by atoms with Gasteiger partial charge in [0.25, 0.3) is 0 Å². The number of rotatable bonds is 3. The molecule has 1 aliphatic rings. The molecule has 2 N–H and O–H groups in total. The quantitative estimate of drug-likeness (QED) is 0.817. The topological polar surface area (TPSA) is 95.9 Å². The minimum Gasteiger partial charge on any atom is -0.480 e. The molecule has 1 rings (SSSR count). The number of carbonyl (C=O) groups excluding carboxylic acids is 2. The van der Waals surface area contributed by atoms with Crippen LogP contribution in [0, 0.1) is 5.92 Å². The molecule has 0 bridgehead atoms. The van der Waals surface area contributed by atoms with Gasteiger partial charge in [-0.05, 0) is 20.8 Å². The smallest absolute Gasteiger partial charge is 0.407 e. The van der Waals surface area contributed by atoms with Crippen molar-refractivity contribution in [2.24, 2.45) is 5.92 Å². The van der Waals surface area contributed by atoms with E-state index in [1.807, 2.05) is 0 Å². The maximum absolute atomic E-state index is 12.0. The van der Waals surface area contributed by atoms with Gasteiger partial charge in [-0.25, -0.2) is 9.59 Å². The predicted molar refractivity (Wildman–Crippen MR) is 75.7 cm³/mol. The SMILES string of the molecule is CC(C)C(=O)N1C[C@H](NC(=O)OC(C)(C)C)C[C@@H]1C(=O)O. The fourth-order valence-electron chi connectivity index (χ4n) is 2.22. The van der Waals surface area contributed by atoms with Crippen molar-refractivity contribution < 1.29 is 24.2 Å². The zero-order valence-corrected chi connectivity index (χ0v) is 13.2. The van der Waals surface area contributed by atoms with E-state index in [2.05, 4.69) is 5.32 Å². The van der Waals surface area contributed by atoms with Gasteiger partial charge in [0, 0.05) is 18.9 Å². The van der Waals surface area contributed by atoms with Gasteiger partial charge >= 0.3 is 12.1 Å². The number of likely N-dealkylation sites (tertiary alicyclic amines) is 1. The third kappa shape index (κ3) is 4.91. The maximum atomic E-state index is 12.0. The van der Waals surface area contributed by atoms with Gasteiger partial charge in [0.2, 0.25) is 5.91 Å². The van der Waals surface area contributed by atoms with E-state index in [0.29, 0.717) is 0 Å². The molecule has 0 aromatic heterocycles. The second kappa shape index (κ2) is 6.32. The average Bonchev–Trinajstić information content (AvgIpc) is 2.68. The number of amides is 2. The van der Waals surface area contributed by atoms with Crippen LogP contribution in [0.15, 0.2) is 0 Å². The Morgan fingerprint density at radius 3 is 2.29 bits per heavy atom. The first-order chi connectivity index (χ1) is 9.51. The number of hydrogen-bond acceptors (Lipinski definition) is 4. The second-order valence-corrected chi connectivity index (χ2v) is 6.58. The third-order valence-corrected chi connectivity index (χ3v) is 3.08. The van der Waals surface area contributed by atoms with Crippen LogP contribution in [0.1, 0.15) is 41.0 Å². The van der Waals surface area contributed by atoms with Crippen molar-refractivity contribution in [2.75, 3.05) is 6.54 Å². The highest BCUT2D eigenvalue weighted by Gasteiger charge is 2.41. The summed E-state index contributed by atoms with van der Waals surface area (Å²) in [4.78, 5) is 36.3. The molecule has 0 aliphatic carbocycles. The summed E-state index contributed by atoms with van der Waals surface area (Å²) >= 11 is 0. The van der Waals surface area contributed by atoms with Crippen LogP contribution < -0.4 is 5.32 Å². The molecule has 1 aliphatic heterocycles. The van der Waals surface area contributed by atoms with Crippen molar-refractivity contribution in [2.45, 2.75) is 58.7 Å². The Balaban J connectivity index is 2.70. The fourth-order valence-corrected chi connectivity index (χ4v) is 2.22. The highest BCUT2D eigenvalue weighted by molar-refractivity contribution is 5.85. The number of nitrogens with zero attached hydrogens (tertiary/aromatic N) is 1. The zero-order valence-electron chi connectivity index (χ0n) is 13.2. The lowest BCUT2D eigenvalue weighted by Crippen LogP contribution is -2.43. The second-order valence-electron chi connectivity index (χ2n) is 6.58. The van der Waals surface area contributed by atoms with E-state index in [-0.39, 0.29) is 24.8 Å². The van der Waals surface area contributed by atoms with E-state index >= 15 is 0 Å². The van der Waals surface area contributed by atoms with Gasteiger partial charge in [0.05, 0.1) is 6.04 Å². The fraction of sp³-hybridized carbons (Fsp3) is 0.786. The maximum Gasteiger partial charge on any atom is 0.407 e. The minimum absolute atomic E-state index is 0.188. The van der Waals surface area contributed by atoms with E-state index in [1.165, 1.54) is 4.90 Å². The number of aliphatic carboxylic acids is 1. The Morgan fingerprint density at radius 1 is 1.29 bits per heavy atom. The van der Waals surface area contributed by atoms with Gasteiger partial charge in [0.15, 0.2) is 0 Å². The van der Waals surface area contributed by atoms with Crippen molar-refractivity contribution in [3.63, 3.8) is 0 Å². The molecule has 1 saturated heterocycles. The summed E-state index contributed by atoms with van der Waals surface area (Å²) in [7, 11) is 0. The zero-order chi connectivity index (χ0) is 16.4. The van der Waals surface area contributed by atoms with E-state index in [9.17, 15) is 19.5 Å². The lowest BCUT2D eigenvalue weighted by Gasteiger charge is -2.23. The lowest BCUT2D eigenvalue weighted by atomic mass is 10.1. The number of hydrogen-bond donors (Lipinski definition) is 2. The monoisotopic (exact) mass is 300 g/mol. The highest BCUT2D eigenvalue weighted by Crippen LogP contribution is 2.21. The molecule has 0 aromatic rings. The van der Waals surface area contributed by atoms with E-state index < -0.39 is 29.7 Å². The molecule has 0 spiro atoms. The third-order valence-electron chi connectivity index (χ3n) is 3.08. The summed E-state index contributed by atoms with van der Waals surface area (Å²) in [6.07, 6.45) is -0.414. The number of ether oxygens (including phenoxy) is 1. The number of nitrogens with one attached hydrogen (secondary N) is 1. The van der Waals surface area contributed by atoms with Gasteiger partial charge in [-0.1, -0.05) is 13.8 Å². The minimum atomic E-state index is -1.06. The Hall–Kier alpha value is -1.79. The normalized spacial score (nSPS) is 22.3. The van der Waals surface area contributed by atoms with Crippen LogP contribution in [0.2, 0.25) is 0 Å². The molecule has 0 unspecified atom stereocenters. The van der Waals surface area contributed by atoms with Crippen molar-refractivity contribution in [1.29, 1.82) is 0 Å². The number of alkyl carbamates (subject to hydrolysis) is 1. The van der Waals surface area contributed by atoms with Crippen LogP contribution in [0.25, 0.3) is 0 Å². The number of carbonyl (C=O) groups is 3. The summed E-state index contributed by atoms with van der Waals surface area (Å²) in [5.74, 6) is -1.57. The first kappa shape index (κ1) is 17.3. The standard InChI is InChI=1S/C14H24N2O5/c1-8(2)11(17)16-7-9(6-10(16)12(18)19)15-13(20)21-14(3,4)5/h8-10H,6-7H2,1-5H3,(H,15,20)(H,18,19)/t9-,10-/m1/s1. The average molecular weight is 300 g/mol. The van der Waals surface area contributed by atoms with Gasteiger partial charge < -0.3 is 20.1 Å². The van der Waals surface area contributed by atoms with Gasteiger partial charge in [0.1, 0.15) is 11.6 Å². The summed E-state index contributed by atoms with van der Waals surface area (Å²) in [6.45, 7) is 8.86. The van der Waals surface area contributed by atoms with Crippen LogP contribution in [0.3, 0.4) is 0 Å². The molecule has 2 amide bonds. The Bertz CT molecular complexity index is 428. The van der Waals surface area contributed by atoms with E-state index in [4.69, 9.17) is 4.74 Å². The largest absolute Gasteiger partial charge is 0.480 e. The molecule has 7 heteroatoms. The summed E-state index contributed by atoms with van der Waals surface area (Å²) in [5.41, 5.74) is -0.623. The molecule has 1 heterocycles. The van der Waals surface area contributed by atoms with Crippen LogP contribution in [-0.4, -0.2) is 52.2 Å². The Morgan fingerprint density at radius 2 is 1.86 bits per heavy atom. The molecule has 7 nitrogen and oxygen atoms in total. The van der Waals surface area contributed by atoms with Crippen molar-refractivity contribution in [1.82, 2.24) is 10.2 Å². The van der Waals surface area contributed by atoms with E-state index in [0.717, 1.165) is 0 Å². The summed E-state index contributed by atoms with van der Waals surface area (Å²) < 4.78 is 5.14. The van der Waals surface area contributed by atoms with Crippen molar-refractivity contribution in [3.05, 3.63) is 0 Å². The molecule has 1 fully saturated rings. The van der Waals surface area contributed by atoms with Crippen LogP contribution in [-0.2, 0) is 14.3 Å². The first-order valence-corrected chi connectivity index (χ1v) is 7.04. The molecule has 2 atom stereocenters. The van der Waals surface area contributed by atoms with Gasteiger partial charge in [-0.2, -0.15) is 0 Å². The first-order valence-electron chi connectivity index (χ1n) is 7.04. The van der Waals surface area contributed by atoms with Crippen molar-refractivity contribution >= 4 is 18.0 Å². The highest BCUT2D eigenvalue weighted by atomic mass is 16.6. The summed E-state index contributed by atoms with van der Waals surface area (Å²) in [6, 6.07) is -1.32. The van der Waals surface area contributed by atoms with Crippen LogP contribution >= 0.6 is 0 Å².